The molecule has 1 aromatic heterocycles. The van der Waals surface area contributed by atoms with Crippen LogP contribution in [-0.4, -0.2) is 5.78 Å². The number of hydrogen-bond acceptors (Lipinski definition) is 3. The largest absolute Gasteiger partial charge is 0.396 e. The van der Waals surface area contributed by atoms with Crippen LogP contribution in [0.4, 0.5) is 10.1 Å². The molecule has 0 saturated heterocycles. The number of carbonyl (C=O) groups is 1. The lowest BCUT2D eigenvalue weighted by Crippen LogP contribution is -2.06. The lowest BCUT2D eigenvalue weighted by Gasteiger charge is -2.04. The van der Waals surface area contributed by atoms with Gasteiger partial charge in [-0.15, -0.1) is 0 Å². The number of ketones is 1. The molecule has 0 radical (unpaired) electrons. The Kier molecular flexibility index (Phi) is 3.54. The van der Waals surface area contributed by atoms with Crippen molar-refractivity contribution in [2.45, 2.75) is 12.8 Å². The molecule has 1 heterocycles. The molecule has 4 heteroatoms. The summed E-state index contributed by atoms with van der Waals surface area (Å²) in [6.07, 6.45) is 1.02. The molecule has 0 saturated carbocycles. The smallest absolute Gasteiger partial charge is 0.165 e. The highest BCUT2D eigenvalue weighted by atomic mass is 32.1. The zero-order chi connectivity index (χ0) is 12.3. The predicted octanol–water partition coefficient (Wildman–Crippen LogP) is 3.28. The van der Waals surface area contributed by atoms with E-state index in [0.717, 1.165) is 5.56 Å². The van der Waals surface area contributed by atoms with E-state index in [9.17, 15) is 9.18 Å². The number of anilines is 1. The van der Waals surface area contributed by atoms with E-state index in [4.69, 9.17) is 5.73 Å². The Morgan fingerprint density at radius 2 is 2.18 bits per heavy atom. The summed E-state index contributed by atoms with van der Waals surface area (Å²) in [5, 5.41) is 3.97. The average molecular weight is 249 g/mol. The Balaban J connectivity index is 2.07. The fourth-order valence-electron chi connectivity index (χ4n) is 1.61. The lowest BCUT2D eigenvalue weighted by molar-refractivity contribution is 0.0983. The molecule has 0 atom stereocenters. The Bertz CT molecular complexity index is 522. The topological polar surface area (TPSA) is 43.1 Å². The first-order chi connectivity index (χ1) is 8.18. The SMILES string of the molecule is Nc1c(F)cccc1C(=O)CCc1ccsc1. The molecular formula is C13H12FNOS. The first-order valence-electron chi connectivity index (χ1n) is 5.26. The molecule has 0 aliphatic heterocycles. The highest BCUT2D eigenvalue weighted by Gasteiger charge is 2.12. The van der Waals surface area contributed by atoms with Gasteiger partial charge in [-0.1, -0.05) is 6.07 Å². The van der Waals surface area contributed by atoms with Crippen LogP contribution in [0, 0.1) is 5.82 Å². The van der Waals surface area contributed by atoms with Gasteiger partial charge in [-0.05, 0) is 40.9 Å². The number of rotatable bonds is 4. The molecule has 0 fully saturated rings. The molecule has 0 unspecified atom stereocenters. The van der Waals surface area contributed by atoms with Crippen LogP contribution in [-0.2, 0) is 6.42 Å². The van der Waals surface area contributed by atoms with Crippen LogP contribution in [0.1, 0.15) is 22.3 Å². The summed E-state index contributed by atoms with van der Waals surface area (Å²) in [5.74, 6) is -0.653. The summed E-state index contributed by atoms with van der Waals surface area (Å²) < 4.78 is 13.2. The third kappa shape index (κ3) is 2.71. The Labute approximate surface area is 103 Å². The van der Waals surface area contributed by atoms with E-state index in [1.165, 1.54) is 12.1 Å². The van der Waals surface area contributed by atoms with Gasteiger partial charge in [0, 0.05) is 12.0 Å². The van der Waals surface area contributed by atoms with Gasteiger partial charge in [0.25, 0.3) is 0 Å². The van der Waals surface area contributed by atoms with Crippen molar-refractivity contribution in [2.75, 3.05) is 5.73 Å². The van der Waals surface area contributed by atoms with Gasteiger partial charge in [-0.25, -0.2) is 4.39 Å². The molecule has 0 amide bonds. The van der Waals surface area contributed by atoms with Gasteiger partial charge >= 0.3 is 0 Å². The molecule has 0 bridgehead atoms. The molecule has 0 aliphatic carbocycles. The quantitative estimate of drug-likeness (QED) is 0.667. The van der Waals surface area contributed by atoms with Crippen molar-refractivity contribution in [3.63, 3.8) is 0 Å². The summed E-state index contributed by atoms with van der Waals surface area (Å²) >= 11 is 1.60. The number of halogens is 1. The van der Waals surface area contributed by atoms with Crippen LogP contribution in [0.3, 0.4) is 0 Å². The number of nitrogen functional groups attached to an aromatic ring is 1. The van der Waals surface area contributed by atoms with Crippen molar-refractivity contribution in [1.82, 2.24) is 0 Å². The Hall–Kier alpha value is -1.68. The highest BCUT2D eigenvalue weighted by molar-refractivity contribution is 7.07. The van der Waals surface area contributed by atoms with E-state index in [1.807, 2.05) is 16.8 Å². The first-order valence-corrected chi connectivity index (χ1v) is 6.21. The summed E-state index contributed by atoms with van der Waals surface area (Å²) in [5.41, 5.74) is 6.89. The molecule has 2 aromatic rings. The van der Waals surface area contributed by atoms with E-state index in [-0.39, 0.29) is 17.0 Å². The summed E-state index contributed by atoms with van der Waals surface area (Å²) in [6, 6.07) is 6.30. The minimum Gasteiger partial charge on any atom is -0.396 e. The van der Waals surface area contributed by atoms with Crippen molar-refractivity contribution in [3.05, 3.63) is 52.0 Å². The molecular weight excluding hydrogens is 237 g/mol. The van der Waals surface area contributed by atoms with Crippen molar-refractivity contribution < 1.29 is 9.18 Å². The second kappa shape index (κ2) is 5.10. The fraction of sp³-hybridized carbons (Fsp3) is 0.154. The Morgan fingerprint density at radius 3 is 2.88 bits per heavy atom. The normalized spacial score (nSPS) is 10.4. The van der Waals surface area contributed by atoms with E-state index in [0.29, 0.717) is 12.8 Å². The number of thiophene rings is 1. The van der Waals surface area contributed by atoms with Crippen molar-refractivity contribution in [3.8, 4) is 0 Å². The molecule has 2 nitrogen and oxygen atoms in total. The minimum atomic E-state index is -0.536. The number of Topliss-reactive ketones (excluding diaryl/α,β-unsaturated/α-hetero) is 1. The van der Waals surface area contributed by atoms with Gasteiger partial charge in [-0.3, -0.25) is 4.79 Å². The second-order valence-electron chi connectivity index (χ2n) is 3.76. The van der Waals surface area contributed by atoms with E-state index in [2.05, 4.69) is 0 Å². The standard InChI is InChI=1S/C13H12FNOS/c14-11-3-1-2-10(13(11)15)12(16)5-4-9-6-7-17-8-9/h1-3,6-8H,4-5,15H2. The van der Waals surface area contributed by atoms with Crippen LogP contribution in [0.5, 0.6) is 0 Å². The van der Waals surface area contributed by atoms with Gasteiger partial charge in [0.2, 0.25) is 0 Å². The van der Waals surface area contributed by atoms with Crippen LogP contribution in [0.25, 0.3) is 0 Å². The Morgan fingerprint density at radius 1 is 1.35 bits per heavy atom. The minimum absolute atomic E-state index is 0.0529. The average Bonchev–Trinajstić information content (AvgIpc) is 2.82. The fourth-order valence-corrected chi connectivity index (χ4v) is 2.31. The monoisotopic (exact) mass is 249 g/mol. The predicted molar refractivity (Wildman–Crippen MR) is 67.8 cm³/mol. The van der Waals surface area contributed by atoms with Gasteiger partial charge < -0.3 is 5.73 Å². The zero-order valence-electron chi connectivity index (χ0n) is 9.15. The number of nitrogens with two attached hydrogens (primary N) is 1. The molecule has 2 rings (SSSR count). The maximum atomic E-state index is 13.2. The second-order valence-corrected chi connectivity index (χ2v) is 4.54. The van der Waals surface area contributed by atoms with E-state index in [1.54, 1.807) is 17.4 Å². The highest BCUT2D eigenvalue weighted by Crippen LogP contribution is 2.18. The summed E-state index contributed by atoms with van der Waals surface area (Å²) in [4.78, 5) is 11.9. The van der Waals surface area contributed by atoms with Crippen molar-refractivity contribution in [2.24, 2.45) is 0 Å². The number of benzene rings is 1. The maximum absolute atomic E-state index is 13.2. The van der Waals surface area contributed by atoms with Crippen LogP contribution in [0.2, 0.25) is 0 Å². The zero-order valence-corrected chi connectivity index (χ0v) is 9.97. The van der Waals surface area contributed by atoms with Gasteiger partial charge in [0.15, 0.2) is 5.78 Å². The molecule has 0 aliphatic rings. The number of carbonyl (C=O) groups excluding carboxylic acids is 1. The number of aryl methyl sites for hydroxylation is 1. The van der Waals surface area contributed by atoms with E-state index < -0.39 is 5.82 Å². The van der Waals surface area contributed by atoms with Crippen LogP contribution < -0.4 is 5.73 Å². The third-order valence-corrected chi connectivity index (χ3v) is 3.31. The van der Waals surface area contributed by atoms with Gasteiger partial charge in [-0.2, -0.15) is 11.3 Å². The lowest BCUT2D eigenvalue weighted by atomic mass is 10.0. The van der Waals surface area contributed by atoms with Crippen LogP contribution in [0.15, 0.2) is 35.0 Å². The van der Waals surface area contributed by atoms with Crippen LogP contribution >= 0.6 is 11.3 Å². The summed E-state index contributed by atoms with van der Waals surface area (Å²) in [6.45, 7) is 0. The number of para-hydroxylation sites is 1. The van der Waals surface area contributed by atoms with Crippen molar-refractivity contribution >= 4 is 22.8 Å². The molecule has 1 aromatic carbocycles. The molecule has 88 valence electrons. The third-order valence-electron chi connectivity index (χ3n) is 2.57. The summed E-state index contributed by atoms with van der Waals surface area (Å²) in [7, 11) is 0. The van der Waals surface area contributed by atoms with Crippen molar-refractivity contribution in [1.29, 1.82) is 0 Å². The maximum Gasteiger partial charge on any atom is 0.165 e. The molecule has 17 heavy (non-hydrogen) atoms. The molecule has 0 spiro atoms. The first kappa shape index (κ1) is 11.8. The van der Waals surface area contributed by atoms with Gasteiger partial charge in [0.1, 0.15) is 5.82 Å². The number of hydrogen-bond donors (Lipinski definition) is 1. The van der Waals surface area contributed by atoms with Gasteiger partial charge in [0.05, 0.1) is 5.69 Å². The van der Waals surface area contributed by atoms with E-state index >= 15 is 0 Å². The molecule has 2 N–H and O–H groups in total.